The van der Waals surface area contributed by atoms with E-state index in [-0.39, 0.29) is 11.9 Å². The minimum Gasteiger partial charge on any atom is -0.465 e. The van der Waals surface area contributed by atoms with Gasteiger partial charge in [0.05, 0.1) is 30.1 Å². The Morgan fingerprint density at radius 1 is 1.04 bits per heavy atom. The monoisotopic (exact) mass is 353 g/mol. The molecule has 26 heavy (non-hydrogen) atoms. The van der Waals surface area contributed by atoms with Crippen molar-refractivity contribution in [3.63, 3.8) is 0 Å². The molecule has 3 rings (SSSR count). The molecule has 1 heterocycles. The summed E-state index contributed by atoms with van der Waals surface area (Å²) in [6.45, 7) is 0. The number of hydrogen-bond donors (Lipinski definition) is 2. The predicted octanol–water partition coefficient (Wildman–Crippen LogP) is 3.67. The van der Waals surface area contributed by atoms with Gasteiger partial charge in [-0.3, -0.25) is 9.78 Å². The van der Waals surface area contributed by atoms with E-state index in [9.17, 15) is 9.59 Å². The summed E-state index contributed by atoms with van der Waals surface area (Å²) in [5.74, 6) is -0.497. The number of benzene rings is 1. The Hall–Kier alpha value is -2.89. The highest BCUT2D eigenvalue weighted by Gasteiger charge is 2.17. The fourth-order valence-corrected chi connectivity index (χ4v) is 3.16. The number of rotatable bonds is 5. The standard InChI is InChI=1S/C20H23N3O3/c1-26-20(25)14-6-5-9-17(10-14)22-18-11-15(12-21-13-18)19(24)23-16-7-3-2-4-8-16/h5-6,9-13,16,22H,2-4,7-8H2,1H3,(H,23,24). The van der Waals surface area contributed by atoms with Gasteiger partial charge in [0.25, 0.3) is 5.91 Å². The fraction of sp³-hybridized carbons (Fsp3) is 0.350. The molecule has 0 unspecified atom stereocenters. The lowest BCUT2D eigenvalue weighted by molar-refractivity contribution is 0.0600. The quantitative estimate of drug-likeness (QED) is 0.802. The van der Waals surface area contributed by atoms with Gasteiger partial charge in [0.1, 0.15) is 0 Å². The van der Waals surface area contributed by atoms with Crippen molar-refractivity contribution in [1.82, 2.24) is 10.3 Å². The molecule has 1 fully saturated rings. The van der Waals surface area contributed by atoms with Crippen LogP contribution in [0.3, 0.4) is 0 Å². The van der Waals surface area contributed by atoms with Crippen molar-refractivity contribution in [1.29, 1.82) is 0 Å². The SMILES string of the molecule is COC(=O)c1cccc(Nc2cncc(C(=O)NC3CCCCC3)c2)c1. The van der Waals surface area contributed by atoms with Crippen LogP contribution in [0.2, 0.25) is 0 Å². The number of methoxy groups -OCH3 is 1. The number of pyridine rings is 1. The zero-order valence-corrected chi connectivity index (χ0v) is 14.8. The topological polar surface area (TPSA) is 80.3 Å². The summed E-state index contributed by atoms with van der Waals surface area (Å²) in [6.07, 6.45) is 8.87. The zero-order valence-electron chi connectivity index (χ0n) is 14.8. The van der Waals surface area contributed by atoms with Crippen molar-refractivity contribution in [3.05, 3.63) is 53.9 Å². The van der Waals surface area contributed by atoms with E-state index in [0.717, 1.165) is 18.5 Å². The van der Waals surface area contributed by atoms with Crippen LogP contribution in [0, 0.1) is 0 Å². The number of esters is 1. The molecule has 1 saturated carbocycles. The minimum atomic E-state index is -0.396. The van der Waals surface area contributed by atoms with Crippen LogP contribution < -0.4 is 10.6 Å². The molecule has 1 aromatic heterocycles. The third-order valence-corrected chi connectivity index (χ3v) is 4.51. The van der Waals surface area contributed by atoms with Gasteiger partial charge in [-0.1, -0.05) is 25.3 Å². The molecular weight excluding hydrogens is 330 g/mol. The molecule has 6 nitrogen and oxygen atoms in total. The average Bonchev–Trinajstić information content (AvgIpc) is 2.68. The number of ether oxygens (including phenoxy) is 1. The van der Waals surface area contributed by atoms with E-state index >= 15 is 0 Å². The Balaban J connectivity index is 1.69. The number of anilines is 2. The van der Waals surface area contributed by atoms with Crippen molar-refractivity contribution in [2.45, 2.75) is 38.1 Å². The summed E-state index contributed by atoms with van der Waals surface area (Å²) in [5, 5.41) is 6.26. The van der Waals surface area contributed by atoms with Crippen LogP contribution in [0.15, 0.2) is 42.7 Å². The average molecular weight is 353 g/mol. The second-order valence-corrected chi connectivity index (χ2v) is 6.47. The zero-order chi connectivity index (χ0) is 18.4. The van der Waals surface area contributed by atoms with Gasteiger partial charge >= 0.3 is 5.97 Å². The van der Waals surface area contributed by atoms with Crippen molar-refractivity contribution in [3.8, 4) is 0 Å². The molecule has 0 bridgehead atoms. The molecule has 0 spiro atoms. The highest BCUT2D eigenvalue weighted by Crippen LogP contribution is 2.20. The van der Waals surface area contributed by atoms with E-state index in [1.54, 1.807) is 36.7 Å². The van der Waals surface area contributed by atoms with E-state index in [1.807, 2.05) is 6.07 Å². The molecule has 136 valence electrons. The summed E-state index contributed by atoms with van der Waals surface area (Å²) in [4.78, 5) is 28.2. The van der Waals surface area contributed by atoms with E-state index in [4.69, 9.17) is 4.74 Å². The molecule has 0 saturated heterocycles. The molecule has 2 aromatic rings. The first-order valence-electron chi connectivity index (χ1n) is 8.87. The largest absolute Gasteiger partial charge is 0.465 e. The summed E-state index contributed by atoms with van der Waals surface area (Å²) < 4.78 is 4.73. The number of nitrogens with zero attached hydrogens (tertiary/aromatic N) is 1. The minimum absolute atomic E-state index is 0.101. The van der Waals surface area contributed by atoms with Crippen molar-refractivity contribution >= 4 is 23.3 Å². The molecule has 0 atom stereocenters. The lowest BCUT2D eigenvalue weighted by Gasteiger charge is -2.22. The van der Waals surface area contributed by atoms with Gasteiger partial charge in [-0.2, -0.15) is 0 Å². The van der Waals surface area contributed by atoms with Gasteiger partial charge in [-0.15, -0.1) is 0 Å². The fourth-order valence-electron chi connectivity index (χ4n) is 3.16. The highest BCUT2D eigenvalue weighted by atomic mass is 16.5. The van der Waals surface area contributed by atoms with E-state index in [0.29, 0.717) is 16.8 Å². The van der Waals surface area contributed by atoms with Gasteiger partial charge in [-0.25, -0.2) is 4.79 Å². The van der Waals surface area contributed by atoms with Crippen LogP contribution in [0.4, 0.5) is 11.4 Å². The lowest BCUT2D eigenvalue weighted by Crippen LogP contribution is -2.36. The second-order valence-electron chi connectivity index (χ2n) is 6.47. The Labute approximate surface area is 153 Å². The molecule has 2 N–H and O–H groups in total. The molecule has 6 heteroatoms. The molecule has 1 aliphatic carbocycles. The summed E-state index contributed by atoms with van der Waals surface area (Å²) >= 11 is 0. The third kappa shape index (κ3) is 4.59. The smallest absolute Gasteiger partial charge is 0.337 e. The first-order valence-corrected chi connectivity index (χ1v) is 8.87. The number of amides is 1. The molecule has 1 aromatic carbocycles. The van der Waals surface area contributed by atoms with Crippen LogP contribution in [0.1, 0.15) is 52.8 Å². The second kappa shape index (κ2) is 8.47. The van der Waals surface area contributed by atoms with Gasteiger partial charge < -0.3 is 15.4 Å². The maximum absolute atomic E-state index is 12.5. The Kier molecular flexibility index (Phi) is 5.84. The van der Waals surface area contributed by atoms with Crippen molar-refractivity contribution in [2.75, 3.05) is 12.4 Å². The maximum atomic E-state index is 12.5. The Morgan fingerprint density at radius 2 is 1.81 bits per heavy atom. The first kappa shape index (κ1) is 17.9. The normalized spacial score (nSPS) is 14.5. The number of hydrogen-bond acceptors (Lipinski definition) is 5. The predicted molar refractivity (Wildman–Crippen MR) is 99.6 cm³/mol. The van der Waals surface area contributed by atoms with E-state index < -0.39 is 5.97 Å². The summed E-state index contributed by atoms with van der Waals surface area (Å²) in [6, 6.07) is 8.99. The lowest BCUT2D eigenvalue weighted by atomic mass is 9.95. The van der Waals surface area contributed by atoms with Crippen LogP contribution >= 0.6 is 0 Å². The maximum Gasteiger partial charge on any atom is 0.337 e. The van der Waals surface area contributed by atoms with Crippen LogP contribution in [-0.4, -0.2) is 30.0 Å². The van der Waals surface area contributed by atoms with E-state index in [1.165, 1.54) is 26.4 Å². The number of carbonyl (C=O) groups is 2. The molecule has 0 radical (unpaired) electrons. The number of aromatic nitrogens is 1. The molecular formula is C20H23N3O3. The Morgan fingerprint density at radius 3 is 2.58 bits per heavy atom. The van der Waals surface area contributed by atoms with Crippen molar-refractivity contribution < 1.29 is 14.3 Å². The molecule has 0 aliphatic heterocycles. The number of carbonyl (C=O) groups excluding carboxylic acids is 2. The van der Waals surface area contributed by atoms with Crippen LogP contribution in [0.5, 0.6) is 0 Å². The summed E-state index contributed by atoms with van der Waals surface area (Å²) in [5.41, 5.74) is 2.38. The van der Waals surface area contributed by atoms with Crippen LogP contribution in [0.25, 0.3) is 0 Å². The van der Waals surface area contributed by atoms with Crippen LogP contribution in [-0.2, 0) is 4.74 Å². The van der Waals surface area contributed by atoms with Gasteiger partial charge in [0.2, 0.25) is 0 Å². The highest BCUT2D eigenvalue weighted by molar-refractivity contribution is 5.95. The van der Waals surface area contributed by atoms with Gasteiger partial charge in [0.15, 0.2) is 0 Å². The van der Waals surface area contributed by atoms with E-state index in [2.05, 4.69) is 15.6 Å². The summed E-state index contributed by atoms with van der Waals surface area (Å²) in [7, 11) is 1.35. The molecule has 1 aliphatic rings. The third-order valence-electron chi connectivity index (χ3n) is 4.51. The number of nitrogens with one attached hydrogen (secondary N) is 2. The Bertz CT molecular complexity index is 785. The van der Waals surface area contributed by atoms with Gasteiger partial charge in [-0.05, 0) is 37.1 Å². The first-order chi connectivity index (χ1) is 12.7. The van der Waals surface area contributed by atoms with Gasteiger partial charge in [0, 0.05) is 17.9 Å². The molecule has 1 amide bonds. The van der Waals surface area contributed by atoms with Crippen molar-refractivity contribution in [2.24, 2.45) is 0 Å².